The molecule has 0 aliphatic carbocycles. The molecule has 2 atom stereocenters. The van der Waals surface area contributed by atoms with E-state index in [0.717, 1.165) is 6.42 Å². The van der Waals surface area contributed by atoms with E-state index in [2.05, 4.69) is 13.8 Å². The summed E-state index contributed by atoms with van der Waals surface area (Å²) in [7, 11) is 0. The van der Waals surface area contributed by atoms with Crippen LogP contribution in [0.2, 0.25) is 0 Å². The van der Waals surface area contributed by atoms with Crippen molar-refractivity contribution in [3.63, 3.8) is 0 Å². The first kappa shape index (κ1) is 10.5. The van der Waals surface area contributed by atoms with Crippen molar-refractivity contribution in [1.29, 1.82) is 0 Å². The molecule has 0 aromatic rings. The van der Waals surface area contributed by atoms with Crippen molar-refractivity contribution in [2.45, 2.75) is 39.7 Å². The molecule has 0 fully saturated rings. The molecule has 11 heavy (non-hydrogen) atoms. The molecular weight excluding hydrogens is 140 g/mol. The quantitative estimate of drug-likeness (QED) is 0.585. The molecule has 1 radical (unpaired) electrons. The predicted octanol–water partition coefficient (Wildman–Crippen LogP) is 2.19. The van der Waals surface area contributed by atoms with Crippen LogP contribution in [0.25, 0.3) is 0 Å². The summed E-state index contributed by atoms with van der Waals surface area (Å²) in [5.41, 5.74) is 0. The summed E-state index contributed by atoms with van der Waals surface area (Å²) in [5.74, 6) is 0.281. The molecule has 0 saturated carbocycles. The van der Waals surface area contributed by atoms with Crippen LogP contribution in [0.15, 0.2) is 0 Å². The Kier molecular flexibility index (Phi) is 4.92. The maximum atomic E-state index is 11.0. The smallest absolute Gasteiger partial charge is 0.306 e. The van der Waals surface area contributed by atoms with E-state index in [-0.39, 0.29) is 12.1 Å². The fourth-order valence-corrected chi connectivity index (χ4v) is 0.701. The first-order chi connectivity index (χ1) is 5.06. The van der Waals surface area contributed by atoms with E-state index in [4.69, 9.17) is 4.74 Å². The van der Waals surface area contributed by atoms with Crippen molar-refractivity contribution in [2.75, 3.05) is 0 Å². The molecule has 2 heteroatoms. The molecule has 0 aliphatic rings. The molecule has 0 rings (SSSR count). The summed E-state index contributed by atoms with van der Waals surface area (Å²) in [6.45, 7) is 9.42. The highest BCUT2D eigenvalue weighted by atomic mass is 16.5. The van der Waals surface area contributed by atoms with Crippen molar-refractivity contribution in [2.24, 2.45) is 5.92 Å². The molecule has 0 aromatic carbocycles. The third-order valence-corrected chi connectivity index (χ3v) is 1.54. The molecule has 2 nitrogen and oxygen atoms in total. The van der Waals surface area contributed by atoms with Crippen molar-refractivity contribution >= 4 is 5.97 Å². The van der Waals surface area contributed by atoms with Crippen molar-refractivity contribution in [3.05, 3.63) is 6.92 Å². The Morgan fingerprint density at radius 1 is 1.55 bits per heavy atom. The van der Waals surface area contributed by atoms with Gasteiger partial charge in [-0.25, -0.2) is 0 Å². The Morgan fingerprint density at radius 2 is 2.09 bits per heavy atom. The van der Waals surface area contributed by atoms with Gasteiger partial charge < -0.3 is 4.74 Å². The van der Waals surface area contributed by atoms with Gasteiger partial charge in [-0.05, 0) is 19.8 Å². The van der Waals surface area contributed by atoms with Gasteiger partial charge in [-0.2, -0.15) is 0 Å². The van der Waals surface area contributed by atoms with E-state index in [0.29, 0.717) is 12.3 Å². The van der Waals surface area contributed by atoms with Crippen LogP contribution >= 0.6 is 0 Å². The maximum absolute atomic E-state index is 11.0. The number of carbonyl (C=O) groups is 1. The van der Waals surface area contributed by atoms with Gasteiger partial charge in [0.15, 0.2) is 0 Å². The lowest BCUT2D eigenvalue weighted by molar-refractivity contribution is -0.147. The lowest BCUT2D eigenvalue weighted by atomic mass is 10.1. The topological polar surface area (TPSA) is 26.3 Å². The molecule has 0 aromatic heterocycles. The van der Waals surface area contributed by atoms with Gasteiger partial charge >= 0.3 is 5.97 Å². The average Bonchev–Trinajstić information content (AvgIpc) is 1.85. The fraction of sp³-hybridized carbons (Fsp3) is 0.778. The standard InChI is InChI=1S/C9H17O2/c1-5-8(4)6-9(10)11-7(2)3/h7-8H,2,5-6H2,1,3-4H3/t7-,8?/m0/s1. The third-order valence-electron chi connectivity index (χ3n) is 1.54. The summed E-state index contributed by atoms with van der Waals surface area (Å²) in [4.78, 5) is 11.0. The van der Waals surface area contributed by atoms with Crippen LogP contribution in [0.3, 0.4) is 0 Å². The number of esters is 1. The van der Waals surface area contributed by atoms with Gasteiger partial charge in [0, 0.05) is 6.42 Å². The Labute approximate surface area is 68.9 Å². The first-order valence-electron chi connectivity index (χ1n) is 4.08. The summed E-state index contributed by atoms with van der Waals surface area (Å²) >= 11 is 0. The summed E-state index contributed by atoms with van der Waals surface area (Å²) in [6.07, 6.45) is 1.29. The number of carbonyl (C=O) groups excluding carboxylic acids is 1. The Morgan fingerprint density at radius 3 is 2.45 bits per heavy atom. The van der Waals surface area contributed by atoms with Gasteiger partial charge in [0.1, 0.15) is 0 Å². The van der Waals surface area contributed by atoms with Crippen molar-refractivity contribution in [1.82, 2.24) is 0 Å². The van der Waals surface area contributed by atoms with E-state index in [1.807, 2.05) is 6.92 Å². The van der Waals surface area contributed by atoms with E-state index < -0.39 is 0 Å². The zero-order valence-corrected chi connectivity index (χ0v) is 7.59. The normalized spacial score (nSPS) is 13.2. The Bertz CT molecular complexity index is 119. The summed E-state index contributed by atoms with van der Waals surface area (Å²) in [5, 5.41) is 0. The van der Waals surface area contributed by atoms with Crippen LogP contribution in [-0.4, -0.2) is 12.1 Å². The van der Waals surface area contributed by atoms with Gasteiger partial charge in [0.05, 0.1) is 6.10 Å². The lowest BCUT2D eigenvalue weighted by Crippen LogP contribution is -2.14. The largest absolute Gasteiger partial charge is 0.463 e. The molecule has 1 unspecified atom stereocenters. The van der Waals surface area contributed by atoms with Crippen LogP contribution in [0.1, 0.15) is 33.6 Å². The lowest BCUT2D eigenvalue weighted by Gasteiger charge is -2.10. The molecule has 0 N–H and O–H groups in total. The minimum Gasteiger partial charge on any atom is -0.463 e. The molecule has 0 aliphatic heterocycles. The second-order valence-corrected chi connectivity index (χ2v) is 3.02. The predicted molar refractivity (Wildman–Crippen MR) is 45.0 cm³/mol. The monoisotopic (exact) mass is 157 g/mol. The zero-order chi connectivity index (χ0) is 8.85. The van der Waals surface area contributed by atoms with Crippen LogP contribution in [-0.2, 0) is 9.53 Å². The van der Waals surface area contributed by atoms with Crippen molar-refractivity contribution in [3.8, 4) is 0 Å². The highest BCUT2D eigenvalue weighted by molar-refractivity contribution is 5.69. The van der Waals surface area contributed by atoms with Gasteiger partial charge in [-0.15, -0.1) is 0 Å². The summed E-state index contributed by atoms with van der Waals surface area (Å²) < 4.78 is 4.87. The molecule has 0 saturated heterocycles. The number of hydrogen-bond donors (Lipinski definition) is 0. The van der Waals surface area contributed by atoms with Gasteiger partial charge in [0.25, 0.3) is 0 Å². The number of rotatable bonds is 4. The minimum absolute atomic E-state index is 0.137. The second kappa shape index (κ2) is 5.16. The van der Waals surface area contributed by atoms with Gasteiger partial charge in [-0.1, -0.05) is 20.3 Å². The minimum atomic E-state index is -0.230. The highest BCUT2D eigenvalue weighted by Gasteiger charge is 2.09. The maximum Gasteiger partial charge on any atom is 0.306 e. The van der Waals surface area contributed by atoms with Crippen LogP contribution in [0.5, 0.6) is 0 Å². The third kappa shape index (κ3) is 5.89. The fourth-order valence-electron chi connectivity index (χ4n) is 0.701. The Balaban J connectivity index is 3.52. The number of hydrogen-bond acceptors (Lipinski definition) is 2. The highest BCUT2D eigenvalue weighted by Crippen LogP contribution is 2.07. The van der Waals surface area contributed by atoms with Crippen LogP contribution in [0.4, 0.5) is 0 Å². The van der Waals surface area contributed by atoms with Gasteiger partial charge in [-0.3, -0.25) is 4.79 Å². The molecular formula is C9H17O2. The molecule has 0 amide bonds. The first-order valence-corrected chi connectivity index (χ1v) is 4.08. The van der Waals surface area contributed by atoms with E-state index in [9.17, 15) is 4.79 Å². The molecule has 0 bridgehead atoms. The SMILES string of the molecule is [CH2][C@@H](C)OC(=O)CC(C)CC. The van der Waals surface area contributed by atoms with E-state index >= 15 is 0 Å². The average molecular weight is 157 g/mol. The molecule has 65 valence electrons. The number of ether oxygens (including phenoxy) is 1. The molecule has 0 heterocycles. The second-order valence-electron chi connectivity index (χ2n) is 3.02. The van der Waals surface area contributed by atoms with E-state index in [1.54, 1.807) is 6.92 Å². The van der Waals surface area contributed by atoms with Crippen LogP contribution < -0.4 is 0 Å². The zero-order valence-electron chi connectivity index (χ0n) is 7.59. The van der Waals surface area contributed by atoms with Crippen LogP contribution in [0, 0.1) is 12.8 Å². The van der Waals surface area contributed by atoms with Gasteiger partial charge in [0.2, 0.25) is 0 Å². The molecule has 0 spiro atoms. The van der Waals surface area contributed by atoms with E-state index in [1.165, 1.54) is 0 Å². The Hall–Kier alpha value is -0.530. The summed E-state index contributed by atoms with van der Waals surface area (Å²) in [6, 6.07) is 0. The van der Waals surface area contributed by atoms with Crippen molar-refractivity contribution < 1.29 is 9.53 Å².